The van der Waals surface area contributed by atoms with Crippen LogP contribution in [0.25, 0.3) is 28.2 Å². The number of hydrogen-bond donors (Lipinski definition) is 0. The molecule has 31 heavy (non-hydrogen) atoms. The van der Waals surface area contributed by atoms with Gasteiger partial charge in [-0.25, -0.2) is 4.98 Å². The van der Waals surface area contributed by atoms with Crippen molar-refractivity contribution in [1.82, 2.24) is 14.3 Å². The second kappa shape index (κ2) is 8.30. The van der Waals surface area contributed by atoms with E-state index in [1.807, 2.05) is 70.1 Å². The Bertz CT molecular complexity index is 1280. The number of imidazole rings is 1. The normalized spacial score (nSPS) is 13.8. The Kier molecular flexibility index (Phi) is 5.51. The Labute approximate surface area is 198 Å². The minimum absolute atomic E-state index is 0.0453. The van der Waals surface area contributed by atoms with Gasteiger partial charge in [0, 0.05) is 40.5 Å². The molecule has 0 atom stereocenters. The molecule has 156 valence electrons. The average molecular weight is 515 g/mol. The molecule has 0 unspecified atom stereocenters. The molecular weight excluding hydrogens is 497 g/mol. The van der Waals surface area contributed by atoms with Gasteiger partial charge in [0.1, 0.15) is 0 Å². The average Bonchev–Trinajstić information content (AvgIpc) is 3.43. The van der Waals surface area contributed by atoms with Crippen LogP contribution in [-0.4, -0.2) is 33.3 Å². The number of rotatable bonds is 3. The number of benzene rings is 2. The second-order valence-electron chi connectivity index (χ2n) is 7.59. The molecule has 0 radical (unpaired) electrons. The van der Waals surface area contributed by atoms with Crippen molar-refractivity contribution in [3.63, 3.8) is 0 Å². The van der Waals surface area contributed by atoms with E-state index in [1.165, 1.54) is 0 Å². The van der Waals surface area contributed by atoms with Crippen LogP contribution < -0.4 is 0 Å². The van der Waals surface area contributed by atoms with Gasteiger partial charge >= 0.3 is 0 Å². The topological polar surface area (TPSA) is 37.6 Å². The summed E-state index contributed by atoms with van der Waals surface area (Å²) in [7, 11) is 0. The fraction of sp³-hybridized carbons (Fsp3) is 0.167. The molecule has 1 aliphatic heterocycles. The molecule has 2 aromatic carbocycles. The van der Waals surface area contributed by atoms with E-state index in [0.717, 1.165) is 58.6 Å². The number of likely N-dealkylation sites (tertiary alicyclic amines) is 1. The molecule has 2 aromatic heterocycles. The van der Waals surface area contributed by atoms with Gasteiger partial charge in [0.2, 0.25) is 0 Å². The van der Waals surface area contributed by atoms with Crippen molar-refractivity contribution in [3.8, 4) is 22.5 Å². The van der Waals surface area contributed by atoms with E-state index < -0.39 is 0 Å². The minimum atomic E-state index is 0.0453. The first-order chi connectivity index (χ1) is 15.0. The predicted octanol–water partition coefficient (Wildman–Crippen LogP) is 6.97. The predicted molar refractivity (Wildman–Crippen MR) is 129 cm³/mol. The number of nitrogens with zero attached hydrogens (tertiary/aromatic N) is 3. The highest BCUT2D eigenvalue weighted by molar-refractivity contribution is 9.10. The Morgan fingerprint density at radius 2 is 1.48 bits per heavy atom. The zero-order chi connectivity index (χ0) is 21.5. The summed E-state index contributed by atoms with van der Waals surface area (Å²) in [6.45, 7) is 1.61. The third-order valence-electron chi connectivity index (χ3n) is 5.55. The monoisotopic (exact) mass is 513 g/mol. The summed E-state index contributed by atoms with van der Waals surface area (Å²) in [6, 6.07) is 17.1. The number of aromatic nitrogens is 2. The molecule has 1 fully saturated rings. The first-order valence-electron chi connectivity index (χ1n) is 10.0. The lowest BCUT2D eigenvalue weighted by Crippen LogP contribution is -2.27. The third-order valence-corrected chi connectivity index (χ3v) is 6.64. The standard InChI is InChI=1S/C24H18BrCl2N3O/c25-20-13-17(24(31)29-11-1-2-12-29)14-30-22(16-5-9-19(27)10-6-16)21(28-23(20)30)15-3-7-18(26)8-4-15/h3-10,13-14H,1-2,11-12H2. The summed E-state index contributed by atoms with van der Waals surface area (Å²) in [6.07, 6.45) is 3.99. The Morgan fingerprint density at radius 1 is 0.903 bits per heavy atom. The minimum Gasteiger partial charge on any atom is -0.339 e. The van der Waals surface area contributed by atoms with Crippen molar-refractivity contribution >= 4 is 50.7 Å². The number of carbonyl (C=O) groups excluding carboxylic acids is 1. The lowest BCUT2D eigenvalue weighted by atomic mass is 10.0. The fourth-order valence-corrected chi connectivity index (χ4v) is 4.79. The van der Waals surface area contributed by atoms with Crippen LogP contribution in [-0.2, 0) is 0 Å². The number of carbonyl (C=O) groups is 1. The summed E-state index contributed by atoms with van der Waals surface area (Å²) < 4.78 is 2.76. The molecule has 1 aliphatic rings. The SMILES string of the molecule is O=C(c1cc(Br)c2nc(-c3ccc(Cl)cc3)c(-c3ccc(Cl)cc3)n2c1)N1CCCC1. The van der Waals surface area contributed by atoms with Crippen LogP contribution in [0, 0.1) is 0 Å². The van der Waals surface area contributed by atoms with Gasteiger partial charge in [-0.1, -0.05) is 47.5 Å². The molecule has 0 bridgehead atoms. The third kappa shape index (κ3) is 3.86. The smallest absolute Gasteiger partial charge is 0.255 e. The molecule has 1 saturated heterocycles. The maximum atomic E-state index is 13.1. The van der Waals surface area contributed by atoms with Crippen LogP contribution in [0.2, 0.25) is 10.0 Å². The molecule has 0 spiro atoms. The summed E-state index contributed by atoms with van der Waals surface area (Å²) in [5.41, 5.74) is 4.98. The number of fused-ring (bicyclic) bond motifs is 1. The Hall–Kier alpha value is -2.34. The van der Waals surface area contributed by atoms with Crippen molar-refractivity contribution in [3.05, 3.63) is 80.9 Å². The second-order valence-corrected chi connectivity index (χ2v) is 9.32. The molecule has 7 heteroatoms. The quantitative estimate of drug-likeness (QED) is 0.296. The zero-order valence-corrected chi connectivity index (χ0v) is 19.6. The van der Waals surface area contributed by atoms with E-state index >= 15 is 0 Å². The zero-order valence-electron chi connectivity index (χ0n) is 16.5. The van der Waals surface area contributed by atoms with Gasteiger partial charge in [0.05, 0.1) is 21.4 Å². The molecule has 1 amide bonds. The summed E-state index contributed by atoms with van der Waals surface area (Å²) in [4.78, 5) is 19.9. The summed E-state index contributed by atoms with van der Waals surface area (Å²) in [5.74, 6) is 0.0453. The molecule has 0 N–H and O–H groups in total. The summed E-state index contributed by atoms with van der Waals surface area (Å²) in [5, 5.41) is 1.33. The molecule has 0 aliphatic carbocycles. The van der Waals surface area contributed by atoms with Crippen LogP contribution in [0.15, 0.2) is 65.3 Å². The van der Waals surface area contributed by atoms with E-state index in [1.54, 1.807) is 0 Å². The fourth-order valence-electron chi connectivity index (χ4n) is 4.02. The molecule has 4 nitrogen and oxygen atoms in total. The molecule has 3 heterocycles. The van der Waals surface area contributed by atoms with E-state index in [-0.39, 0.29) is 5.91 Å². The van der Waals surface area contributed by atoms with E-state index in [9.17, 15) is 4.79 Å². The van der Waals surface area contributed by atoms with E-state index in [0.29, 0.717) is 15.6 Å². The molecule has 4 aromatic rings. The van der Waals surface area contributed by atoms with Crippen LogP contribution in [0.5, 0.6) is 0 Å². The number of amides is 1. The van der Waals surface area contributed by atoms with Crippen LogP contribution in [0.3, 0.4) is 0 Å². The van der Waals surface area contributed by atoms with E-state index in [4.69, 9.17) is 28.2 Å². The van der Waals surface area contributed by atoms with Crippen molar-refractivity contribution in [2.24, 2.45) is 0 Å². The van der Waals surface area contributed by atoms with Gasteiger partial charge in [-0.05, 0) is 59.1 Å². The largest absolute Gasteiger partial charge is 0.339 e. The summed E-state index contributed by atoms with van der Waals surface area (Å²) >= 11 is 15.9. The van der Waals surface area contributed by atoms with Gasteiger partial charge in [-0.3, -0.25) is 9.20 Å². The van der Waals surface area contributed by atoms with Crippen molar-refractivity contribution in [1.29, 1.82) is 0 Å². The van der Waals surface area contributed by atoms with Crippen LogP contribution in [0.4, 0.5) is 0 Å². The maximum Gasteiger partial charge on any atom is 0.255 e. The first-order valence-corrected chi connectivity index (χ1v) is 11.6. The van der Waals surface area contributed by atoms with Gasteiger partial charge in [0.25, 0.3) is 5.91 Å². The van der Waals surface area contributed by atoms with E-state index in [2.05, 4.69) is 15.9 Å². The van der Waals surface area contributed by atoms with Crippen molar-refractivity contribution in [2.75, 3.05) is 13.1 Å². The first kappa shape index (κ1) is 20.6. The number of halogens is 3. The van der Waals surface area contributed by atoms with Gasteiger partial charge < -0.3 is 4.90 Å². The van der Waals surface area contributed by atoms with Crippen molar-refractivity contribution in [2.45, 2.75) is 12.8 Å². The van der Waals surface area contributed by atoms with Crippen LogP contribution >= 0.6 is 39.1 Å². The number of hydrogen-bond acceptors (Lipinski definition) is 2. The highest BCUT2D eigenvalue weighted by Crippen LogP contribution is 2.36. The van der Waals surface area contributed by atoms with Crippen molar-refractivity contribution < 1.29 is 4.79 Å². The molecular formula is C24H18BrCl2N3O. The van der Waals surface area contributed by atoms with Gasteiger partial charge in [-0.2, -0.15) is 0 Å². The lowest BCUT2D eigenvalue weighted by Gasteiger charge is -2.16. The molecule has 5 rings (SSSR count). The Balaban J connectivity index is 1.75. The van der Waals surface area contributed by atoms with Gasteiger partial charge in [0.15, 0.2) is 5.65 Å². The molecule has 0 saturated carbocycles. The highest BCUT2D eigenvalue weighted by Gasteiger charge is 2.23. The van der Waals surface area contributed by atoms with Gasteiger partial charge in [-0.15, -0.1) is 0 Å². The lowest BCUT2D eigenvalue weighted by molar-refractivity contribution is 0.0792. The Morgan fingerprint density at radius 3 is 2.10 bits per heavy atom. The maximum absolute atomic E-state index is 13.1. The highest BCUT2D eigenvalue weighted by atomic mass is 79.9. The van der Waals surface area contributed by atoms with Crippen LogP contribution in [0.1, 0.15) is 23.2 Å². The number of pyridine rings is 1.